The number of anilines is 2. The number of hydrogen-bond donors (Lipinski definition) is 1. The number of alkyl halides is 2. The molecule has 1 aromatic heterocycles. The molecule has 0 amide bonds. The van der Waals surface area contributed by atoms with Crippen molar-refractivity contribution in [1.29, 1.82) is 0 Å². The lowest BCUT2D eigenvalue weighted by molar-refractivity contribution is -0.0221. The summed E-state index contributed by atoms with van der Waals surface area (Å²) in [5, 5.41) is 5.26. The fourth-order valence-corrected chi connectivity index (χ4v) is 5.38. The van der Waals surface area contributed by atoms with Gasteiger partial charge in [-0.1, -0.05) is 35.4 Å². The predicted octanol–water partition coefficient (Wildman–Crippen LogP) is 6.01. The zero-order chi connectivity index (χ0) is 24.0. The number of sulfone groups is 1. The Morgan fingerprint density at radius 2 is 1.79 bits per heavy atom. The summed E-state index contributed by atoms with van der Waals surface area (Å²) in [6.45, 7) is 4.32. The van der Waals surface area contributed by atoms with E-state index in [9.17, 15) is 17.2 Å². The van der Waals surface area contributed by atoms with Gasteiger partial charge in [-0.2, -0.15) is 0 Å². The second-order valence-corrected chi connectivity index (χ2v) is 11.0. The van der Waals surface area contributed by atoms with Gasteiger partial charge in [0.2, 0.25) is 0 Å². The van der Waals surface area contributed by atoms with Crippen LogP contribution >= 0.6 is 11.6 Å². The van der Waals surface area contributed by atoms with Gasteiger partial charge in [-0.25, -0.2) is 22.2 Å². The molecule has 1 aliphatic rings. The summed E-state index contributed by atoms with van der Waals surface area (Å²) >= 11 is 6.55. The molecule has 1 aliphatic heterocycles. The summed E-state index contributed by atoms with van der Waals surface area (Å²) in [5.74, 6) is -2.08. The molecule has 0 radical (unpaired) electrons. The Labute approximate surface area is 197 Å². The number of aromatic nitrogens is 1. The minimum Gasteiger partial charge on any atom is -0.377 e. The van der Waals surface area contributed by atoms with Crippen LogP contribution in [0.3, 0.4) is 0 Å². The first-order valence-electron chi connectivity index (χ1n) is 10.7. The molecule has 0 saturated carbocycles. The molecule has 3 aromatic rings. The minimum absolute atomic E-state index is 0.207. The lowest BCUT2D eigenvalue weighted by Crippen LogP contribution is -2.39. The van der Waals surface area contributed by atoms with Gasteiger partial charge in [-0.3, -0.25) is 0 Å². The van der Waals surface area contributed by atoms with Crippen molar-refractivity contribution in [2.45, 2.75) is 43.5 Å². The molecule has 4 rings (SSSR count). The molecule has 5 nitrogen and oxygen atoms in total. The molecule has 0 aliphatic carbocycles. The molecule has 2 heterocycles. The van der Waals surface area contributed by atoms with Gasteiger partial charge >= 0.3 is 0 Å². The third-order valence-electron chi connectivity index (χ3n) is 6.01. The molecular formula is C24H26ClF2N3O2S. The molecule has 1 unspecified atom stereocenters. The van der Waals surface area contributed by atoms with Gasteiger partial charge < -0.3 is 10.2 Å². The van der Waals surface area contributed by atoms with Crippen LogP contribution in [0.4, 0.5) is 20.3 Å². The van der Waals surface area contributed by atoms with Crippen LogP contribution in [-0.2, 0) is 9.84 Å². The highest BCUT2D eigenvalue weighted by atomic mass is 35.5. The van der Waals surface area contributed by atoms with Crippen LogP contribution in [0, 0.1) is 6.92 Å². The lowest BCUT2D eigenvalue weighted by atomic mass is 9.97. The van der Waals surface area contributed by atoms with Crippen LogP contribution in [0.15, 0.2) is 47.4 Å². The van der Waals surface area contributed by atoms with Crippen molar-refractivity contribution < 1.29 is 17.2 Å². The first-order chi connectivity index (χ1) is 15.4. The minimum atomic E-state index is -3.41. The number of para-hydroxylation sites is 1. The van der Waals surface area contributed by atoms with E-state index in [-0.39, 0.29) is 36.9 Å². The molecule has 1 fully saturated rings. The second kappa shape index (κ2) is 8.72. The third-order valence-corrected chi connectivity index (χ3v) is 7.45. The van der Waals surface area contributed by atoms with Crippen molar-refractivity contribution in [3.63, 3.8) is 0 Å². The number of halogens is 3. The molecular weight excluding hydrogens is 468 g/mol. The Morgan fingerprint density at radius 3 is 2.45 bits per heavy atom. The standard InChI is InChI=1S/C24H26ClF2N3O2S/c1-15-12-17(16(2)28-20-6-4-5-7-21(20)33(3,31)32)18-14-22(29-23(25)19(18)13-15)30-10-8-24(26,27)9-11-30/h4-7,12-14,16,28H,8-11H2,1-3H3. The largest absolute Gasteiger partial charge is 0.377 e. The van der Waals surface area contributed by atoms with E-state index in [1.807, 2.05) is 36.9 Å². The van der Waals surface area contributed by atoms with Gasteiger partial charge in [0.1, 0.15) is 11.0 Å². The Kier molecular flexibility index (Phi) is 6.26. The van der Waals surface area contributed by atoms with E-state index in [4.69, 9.17) is 11.6 Å². The van der Waals surface area contributed by atoms with Crippen LogP contribution < -0.4 is 10.2 Å². The van der Waals surface area contributed by atoms with Crippen molar-refractivity contribution in [3.05, 3.63) is 58.7 Å². The van der Waals surface area contributed by atoms with Crippen molar-refractivity contribution in [3.8, 4) is 0 Å². The summed E-state index contributed by atoms with van der Waals surface area (Å²) in [4.78, 5) is 6.55. The number of hydrogen-bond acceptors (Lipinski definition) is 5. The lowest BCUT2D eigenvalue weighted by Gasteiger charge is -2.33. The first-order valence-corrected chi connectivity index (χ1v) is 13.0. The molecule has 2 aromatic carbocycles. The fraction of sp³-hybridized carbons (Fsp3) is 0.375. The Bertz CT molecular complexity index is 1300. The van der Waals surface area contributed by atoms with Crippen LogP contribution in [-0.4, -0.2) is 38.7 Å². The molecule has 33 heavy (non-hydrogen) atoms. The average Bonchev–Trinajstić information content (AvgIpc) is 2.73. The summed E-state index contributed by atoms with van der Waals surface area (Å²) in [6.07, 6.45) is 0.747. The number of benzene rings is 2. The number of piperidine rings is 1. The van der Waals surface area contributed by atoms with E-state index in [1.165, 1.54) is 6.26 Å². The number of nitrogens with one attached hydrogen (secondary N) is 1. The van der Waals surface area contributed by atoms with Crippen molar-refractivity contribution in [1.82, 2.24) is 4.98 Å². The van der Waals surface area contributed by atoms with E-state index < -0.39 is 15.8 Å². The van der Waals surface area contributed by atoms with Gasteiger partial charge in [0, 0.05) is 43.6 Å². The Balaban J connectivity index is 1.75. The highest BCUT2D eigenvalue weighted by Crippen LogP contribution is 2.36. The number of rotatable bonds is 5. The molecule has 0 spiro atoms. The van der Waals surface area contributed by atoms with Gasteiger partial charge in [0.15, 0.2) is 9.84 Å². The first kappa shape index (κ1) is 23.7. The van der Waals surface area contributed by atoms with Crippen LogP contribution in [0.2, 0.25) is 5.15 Å². The number of pyridine rings is 1. The summed E-state index contributed by atoms with van der Waals surface area (Å²) in [6, 6.07) is 12.4. The Morgan fingerprint density at radius 1 is 1.12 bits per heavy atom. The smallest absolute Gasteiger partial charge is 0.251 e. The van der Waals surface area contributed by atoms with Crippen LogP contribution in [0.25, 0.3) is 10.8 Å². The highest BCUT2D eigenvalue weighted by Gasteiger charge is 2.34. The van der Waals surface area contributed by atoms with Gasteiger partial charge in [-0.15, -0.1) is 0 Å². The number of nitrogens with zero attached hydrogens (tertiary/aromatic N) is 2. The van der Waals surface area contributed by atoms with Crippen LogP contribution in [0.5, 0.6) is 0 Å². The Hall–Kier alpha value is -2.45. The zero-order valence-corrected chi connectivity index (χ0v) is 20.3. The van der Waals surface area contributed by atoms with E-state index in [1.54, 1.807) is 24.3 Å². The van der Waals surface area contributed by atoms with Gasteiger partial charge in [0.05, 0.1) is 10.6 Å². The molecule has 9 heteroatoms. The second-order valence-electron chi connectivity index (χ2n) is 8.70. The zero-order valence-electron chi connectivity index (χ0n) is 18.7. The quantitative estimate of drug-likeness (QED) is 0.441. The van der Waals surface area contributed by atoms with Crippen LogP contribution in [0.1, 0.15) is 36.9 Å². The number of fused-ring (bicyclic) bond motifs is 1. The van der Waals surface area contributed by atoms with Gasteiger partial charge in [-0.05, 0) is 49.1 Å². The molecule has 0 bridgehead atoms. The predicted molar refractivity (Wildman–Crippen MR) is 129 cm³/mol. The van der Waals surface area contributed by atoms with Crippen molar-refractivity contribution in [2.24, 2.45) is 0 Å². The SMILES string of the molecule is Cc1cc(C(C)Nc2ccccc2S(C)(=O)=O)c2cc(N3CCC(F)(F)CC3)nc(Cl)c2c1. The molecule has 1 N–H and O–H groups in total. The van der Waals surface area contributed by atoms with E-state index in [0.29, 0.717) is 16.7 Å². The monoisotopic (exact) mass is 493 g/mol. The average molecular weight is 494 g/mol. The summed E-state index contributed by atoms with van der Waals surface area (Å²) in [7, 11) is -3.41. The maximum Gasteiger partial charge on any atom is 0.251 e. The fourth-order valence-electron chi connectivity index (χ4n) is 4.28. The topological polar surface area (TPSA) is 62.3 Å². The highest BCUT2D eigenvalue weighted by molar-refractivity contribution is 7.90. The summed E-state index contributed by atoms with van der Waals surface area (Å²) < 4.78 is 51.7. The maximum atomic E-state index is 13.6. The molecule has 1 atom stereocenters. The van der Waals surface area contributed by atoms with Crippen molar-refractivity contribution >= 4 is 43.7 Å². The number of aryl methyl sites for hydroxylation is 1. The third kappa shape index (κ3) is 5.06. The van der Waals surface area contributed by atoms with E-state index in [2.05, 4.69) is 10.3 Å². The molecule has 176 valence electrons. The summed E-state index contributed by atoms with van der Waals surface area (Å²) in [5.41, 5.74) is 2.42. The van der Waals surface area contributed by atoms with Crippen molar-refractivity contribution in [2.75, 3.05) is 29.6 Å². The normalized spacial score (nSPS) is 17.2. The molecule has 1 saturated heterocycles. The van der Waals surface area contributed by atoms with Gasteiger partial charge in [0.25, 0.3) is 5.92 Å². The van der Waals surface area contributed by atoms with E-state index in [0.717, 1.165) is 21.9 Å². The maximum absolute atomic E-state index is 13.6. The van der Waals surface area contributed by atoms with E-state index >= 15 is 0 Å².